The first kappa shape index (κ1) is 38.7. The lowest BCUT2D eigenvalue weighted by Gasteiger charge is -2.49. The Morgan fingerprint density at radius 3 is 2.32 bits per heavy atom. The number of nitrogens with one attached hydrogen (secondary N) is 1. The Kier molecular flexibility index (Phi) is 15.5. The highest BCUT2D eigenvalue weighted by molar-refractivity contribution is 8.00. The first-order chi connectivity index (χ1) is 24.2. The molecule has 2 aliphatic heterocycles. The average molecular weight is 731 g/mol. The lowest BCUT2D eigenvalue weighted by atomic mass is 10.0. The Morgan fingerprint density at radius 1 is 1.06 bits per heavy atom. The van der Waals surface area contributed by atoms with Gasteiger partial charge in [-0.05, 0) is 13.3 Å². The van der Waals surface area contributed by atoms with Gasteiger partial charge in [0.2, 0.25) is 11.5 Å². The number of unbranched alkanes of at least 4 members (excludes halogenated alkanes) is 10. The lowest BCUT2D eigenvalue weighted by Crippen LogP contribution is -2.71. The zero-order chi connectivity index (χ0) is 35.9. The van der Waals surface area contributed by atoms with E-state index in [9.17, 15) is 24.3 Å². The standard InChI is InChI=1S/C34H47N7O7S2/c1-3-5-6-7-8-9-10-11-12-13-14-15-25(42)47-21-23-16-18-40(19-17-23)20-24-22-49-32-27(31(44)41(32)28(24)33(45)46)36-30(43)26(38-48-4-2)29-37-34(35)50-39-29/h16-19,27,32H,3-15,20-22H2,1-2H3,(H3-,35,36,37,39,43,45,46)/p+1/t27?,32-/m1/s1. The fourth-order valence-electron chi connectivity index (χ4n) is 5.74. The zero-order valence-electron chi connectivity index (χ0n) is 28.8. The van der Waals surface area contributed by atoms with Crippen LogP contribution >= 0.6 is 23.3 Å². The average Bonchev–Trinajstić information content (AvgIpc) is 3.54. The van der Waals surface area contributed by atoms with Gasteiger partial charge in [0.05, 0.1) is 0 Å². The number of pyridine rings is 1. The van der Waals surface area contributed by atoms with Gasteiger partial charge in [0.15, 0.2) is 24.1 Å². The molecule has 2 amide bonds. The van der Waals surface area contributed by atoms with Crippen LogP contribution in [0.25, 0.3) is 0 Å². The largest absolute Gasteiger partial charge is 0.477 e. The van der Waals surface area contributed by atoms with Gasteiger partial charge in [0, 0.05) is 47.0 Å². The third kappa shape index (κ3) is 11.0. The molecule has 14 nitrogen and oxygen atoms in total. The van der Waals surface area contributed by atoms with E-state index >= 15 is 0 Å². The Morgan fingerprint density at radius 2 is 1.72 bits per heavy atom. The highest BCUT2D eigenvalue weighted by atomic mass is 32.2. The number of amides is 2. The summed E-state index contributed by atoms with van der Waals surface area (Å²) in [5.41, 5.74) is 6.68. The third-order valence-electron chi connectivity index (χ3n) is 8.41. The van der Waals surface area contributed by atoms with E-state index in [1.54, 1.807) is 19.3 Å². The number of anilines is 1. The number of nitrogen functional groups attached to an aromatic ring is 1. The van der Waals surface area contributed by atoms with Crippen molar-refractivity contribution >= 4 is 57.9 Å². The highest BCUT2D eigenvalue weighted by Gasteiger charge is 2.55. The fourth-order valence-corrected chi connectivity index (χ4v) is 7.51. The number of oxime groups is 1. The second-order valence-corrected chi connectivity index (χ2v) is 14.1. The van der Waals surface area contributed by atoms with E-state index in [0.717, 1.165) is 36.4 Å². The van der Waals surface area contributed by atoms with Crippen LogP contribution < -0.4 is 15.6 Å². The predicted octanol–water partition coefficient (Wildman–Crippen LogP) is 4.33. The number of esters is 1. The predicted molar refractivity (Wildman–Crippen MR) is 190 cm³/mol. The van der Waals surface area contributed by atoms with E-state index < -0.39 is 29.2 Å². The molecule has 0 aliphatic carbocycles. The van der Waals surface area contributed by atoms with E-state index in [-0.39, 0.29) is 48.1 Å². The van der Waals surface area contributed by atoms with Crippen molar-refractivity contribution in [2.75, 3.05) is 18.1 Å². The van der Waals surface area contributed by atoms with Gasteiger partial charge in [0.25, 0.3) is 11.8 Å². The second-order valence-electron chi connectivity index (χ2n) is 12.3. The van der Waals surface area contributed by atoms with Crippen LogP contribution in [0.4, 0.5) is 5.13 Å². The van der Waals surface area contributed by atoms with Gasteiger partial charge >= 0.3 is 11.9 Å². The maximum absolute atomic E-state index is 13.2. The summed E-state index contributed by atoms with van der Waals surface area (Å²) in [6, 6.07) is 2.67. The molecule has 0 spiro atoms. The molecule has 0 saturated carbocycles. The molecule has 0 aromatic carbocycles. The summed E-state index contributed by atoms with van der Waals surface area (Å²) >= 11 is 2.24. The van der Waals surface area contributed by atoms with Crippen molar-refractivity contribution in [1.29, 1.82) is 0 Å². The van der Waals surface area contributed by atoms with Crippen molar-refractivity contribution in [1.82, 2.24) is 19.6 Å². The van der Waals surface area contributed by atoms with E-state index in [1.807, 2.05) is 16.7 Å². The molecule has 2 atom stereocenters. The summed E-state index contributed by atoms with van der Waals surface area (Å²) in [5, 5.41) is 16.0. The van der Waals surface area contributed by atoms with Crippen molar-refractivity contribution in [3.05, 3.63) is 47.2 Å². The molecular weight excluding hydrogens is 683 g/mol. The fraction of sp³-hybridized carbons (Fsp3) is 0.588. The molecular formula is C34H48N7O7S2+. The number of hydrogen-bond donors (Lipinski definition) is 3. The molecule has 16 heteroatoms. The van der Waals surface area contributed by atoms with Crippen LogP contribution in [0.15, 0.2) is 41.0 Å². The SMILES string of the molecule is CCCCCCCCCCCCCC(=O)OCc1cc[n+](CC2=C(C(=O)O)N3C(=O)C(NC(=O)C(=NOCC)c4nsc(N)n4)[C@H]3SC2)cc1. The smallest absolute Gasteiger partial charge is 0.352 e. The quantitative estimate of drug-likeness (QED) is 0.0390. The van der Waals surface area contributed by atoms with Crippen LogP contribution in [-0.4, -0.2) is 72.6 Å². The van der Waals surface area contributed by atoms with Gasteiger partial charge in [-0.25, -0.2) is 9.36 Å². The molecule has 2 aromatic rings. The van der Waals surface area contributed by atoms with Crippen molar-refractivity contribution in [3.63, 3.8) is 0 Å². The number of thioether (sulfide) groups is 1. The number of fused-ring (bicyclic) bond motifs is 1. The maximum atomic E-state index is 13.2. The normalized spacial score (nSPS) is 17.3. The molecule has 0 radical (unpaired) electrons. The molecule has 0 bridgehead atoms. The van der Waals surface area contributed by atoms with Gasteiger partial charge < -0.3 is 25.7 Å². The summed E-state index contributed by atoms with van der Waals surface area (Å²) in [4.78, 5) is 61.1. The number of carbonyl (C=O) groups is 4. The number of carbonyl (C=O) groups excluding carboxylic acids is 3. The van der Waals surface area contributed by atoms with E-state index in [0.29, 0.717) is 17.7 Å². The first-order valence-electron chi connectivity index (χ1n) is 17.4. The van der Waals surface area contributed by atoms with Crippen LogP contribution in [0.5, 0.6) is 0 Å². The number of aliphatic carboxylic acids is 1. The van der Waals surface area contributed by atoms with Crippen molar-refractivity contribution in [2.24, 2.45) is 5.16 Å². The summed E-state index contributed by atoms with van der Waals surface area (Å²) in [6.07, 6.45) is 17.4. The lowest BCUT2D eigenvalue weighted by molar-refractivity contribution is -0.689. The zero-order valence-corrected chi connectivity index (χ0v) is 30.4. The minimum absolute atomic E-state index is 0.0347. The number of aromatic nitrogens is 3. The maximum Gasteiger partial charge on any atom is 0.352 e. The Labute approximate surface area is 301 Å². The number of β-lactam (4-membered cyclic amide) rings is 1. The first-order valence-corrected chi connectivity index (χ1v) is 19.2. The van der Waals surface area contributed by atoms with E-state index in [1.165, 1.54) is 68.0 Å². The molecule has 1 saturated heterocycles. The minimum Gasteiger partial charge on any atom is -0.477 e. The molecule has 1 unspecified atom stereocenters. The molecule has 4 rings (SSSR count). The Balaban J connectivity index is 1.22. The topological polar surface area (TPSA) is 190 Å². The molecule has 272 valence electrons. The molecule has 2 aliphatic rings. The molecule has 2 aromatic heterocycles. The molecule has 50 heavy (non-hydrogen) atoms. The van der Waals surface area contributed by atoms with Gasteiger partial charge in [-0.2, -0.15) is 9.36 Å². The van der Waals surface area contributed by atoms with E-state index in [4.69, 9.17) is 15.3 Å². The number of carboxylic acid groups (broad SMARTS) is 1. The van der Waals surface area contributed by atoms with Crippen LogP contribution in [0.2, 0.25) is 0 Å². The number of ether oxygens (including phenoxy) is 1. The highest BCUT2D eigenvalue weighted by Crippen LogP contribution is 2.40. The monoisotopic (exact) mass is 730 g/mol. The van der Waals surface area contributed by atoms with Crippen LogP contribution in [0.1, 0.15) is 102 Å². The van der Waals surface area contributed by atoms with Gasteiger partial charge in [-0.15, -0.1) is 11.8 Å². The molecule has 4 N–H and O–H groups in total. The van der Waals surface area contributed by atoms with Crippen LogP contribution in [0.3, 0.4) is 0 Å². The minimum atomic E-state index is -1.23. The summed E-state index contributed by atoms with van der Waals surface area (Å²) in [6.45, 7) is 4.52. The number of rotatable bonds is 22. The number of hydrogen-bond acceptors (Lipinski definition) is 12. The van der Waals surface area contributed by atoms with Crippen molar-refractivity contribution in [2.45, 2.75) is 115 Å². The Hall–Kier alpha value is -4.05. The van der Waals surface area contributed by atoms with Crippen molar-refractivity contribution in [3.8, 4) is 0 Å². The molecule has 1 fully saturated rings. The number of nitrogens with zero attached hydrogens (tertiary/aromatic N) is 5. The van der Waals surface area contributed by atoms with Gasteiger partial charge in [-0.3, -0.25) is 19.3 Å². The van der Waals surface area contributed by atoms with Crippen molar-refractivity contribution < 1.29 is 38.4 Å². The third-order valence-corrected chi connectivity index (χ3v) is 10.3. The van der Waals surface area contributed by atoms with Gasteiger partial charge in [0.1, 0.15) is 30.3 Å². The second kappa shape index (κ2) is 20.0. The number of nitrogens with two attached hydrogens (primary N) is 1. The summed E-state index contributed by atoms with van der Waals surface area (Å²) < 4.78 is 11.3. The summed E-state index contributed by atoms with van der Waals surface area (Å²) in [7, 11) is 0. The van der Waals surface area contributed by atoms with Crippen LogP contribution in [-0.2, 0) is 41.9 Å². The van der Waals surface area contributed by atoms with E-state index in [2.05, 4.69) is 26.8 Å². The Bertz CT molecular complexity index is 1530. The molecule has 4 heterocycles. The summed E-state index contributed by atoms with van der Waals surface area (Å²) in [5.74, 6) is -2.44. The van der Waals surface area contributed by atoms with Gasteiger partial charge in [-0.1, -0.05) is 76.3 Å². The van der Waals surface area contributed by atoms with Crippen LogP contribution in [0, 0.1) is 0 Å². The number of carboxylic acids is 1.